The summed E-state index contributed by atoms with van der Waals surface area (Å²) in [5.41, 5.74) is 11.4. The SMILES string of the molecule is C=C(c1ccc(-c2cncc(-c3nnc(-c4cccc(N)c4)o3)n2)cc1)N(C)C. The molecule has 2 heterocycles. The van der Waals surface area contributed by atoms with Crippen molar-refractivity contribution in [1.82, 2.24) is 25.1 Å². The molecule has 0 amide bonds. The van der Waals surface area contributed by atoms with Gasteiger partial charge < -0.3 is 15.1 Å². The summed E-state index contributed by atoms with van der Waals surface area (Å²) in [7, 11) is 3.93. The average Bonchev–Trinajstić information content (AvgIpc) is 3.24. The van der Waals surface area contributed by atoms with Gasteiger partial charge in [0.1, 0.15) is 5.69 Å². The molecule has 0 saturated carbocycles. The van der Waals surface area contributed by atoms with Crippen molar-refractivity contribution in [3.05, 3.63) is 73.1 Å². The Balaban J connectivity index is 1.62. The predicted octanol–water partition coefficient (Wildman–Crippen LogP) is 3.98. The summed E-state index contributed by atoms with van der Waals surface area (Å²) in [5.74, 6) is 0.681. The van der Waals surface area contributed by atoms with Gasteiger partial charge in [0.15, 0.2) is 0 Å². The van der Waals surface area contributed by atoms with Gasteiger partial charge in [0.2, 0.25) is 5.89 Å². The second-order valence-corrected chi connectivity index (χ2v) is 6.75. The van der Waals surface area contributed by atoms with E-state index in [-0.39, 0.29) is 0 Å². The highest BCUT2D eigenvalue weighted by Gasteiger charge is 2.13. The first-order valence-corrected chi connectivity index (χ1v) is 9.00. The molecule has 2 aromatic carbocycles. The number of rotatable bonds is 5. The van der Waals surface area contributed by atoms with Crippen molar-refractivity contribution in [3.63, 3.8) is 0 Å². The maximum atomic E-state index is 5.82. The lowest BCUT2D eigenvalue weighted by atomic mass is 10.1. The molecule has 7 heteroatoms. The minimum atomic E-state index is 0.300. The van der Waals surface area contributed by atoms with E-state index in [0.29, 0.717) is 28.9 Å². The standard InChI is InChI=1S/C22H20N6O/c1-14(28(2)3)15-7-9-16(10-8-15)19-12-24-13-20(25-19)22-27-26-21(29-22)17-5-4-6-18(23)11-17/h4-13H,1,23H2,2-3H3. The van der Waals surface area contributed by atoms with E-state index in [1.165, 1.54) is 0 Å². The van der Waals surface area contributed by atoms with Crippen molar-refractivity contribution in [2.45, 2.75) is 0 Å². The molecule has 2 N–H and O–H groups in total. The Labute approximate surface area is 168 Å². The Bertz CT molecular complexity index is 1160. The molecule has 4 rings (SSSR count). The van der Waals surface area contributed by atoms with Crippen LogP contribution in [0.4, 0.5) is 5.69 Å². The highest BCUT2D eigenvalue weighted by atomic mass is 16.4. The fraction of sp³-hybridized carbons (Fsp3) is 0.0909. The quantitative estimate of drug-likeness (QED) is 0.520. The molecule has 0 bridgehead atoms. The third-order valence-corrected chi connectivity index (χ3v) is 4.47. The first-order valence-electron chi connectivity index (χ1n) is 9.00. The van der Waals surface area contributed by atoms with Crippen molar-refractivity contribution >= 4 is 11.4 Å². The van der Waals surface area contributed by atoms with E-state index in [2.05, 4.69) is 26.7 Å². The molecule has 29 heavy (non-hydrogen) atoms. The van der Waals surface area contributed by atoms with Gasteiger partial charge in [-0.2, -0.15) is 0 Å². The number of nitrogen functional groups attached to an aromatic ring is 1. The van der Waals surface area contributed by atoms with Crippen LogP contribution in [0.15, 0.2) is 71.9 Å². The second-order valence-electron chi connectivity index (χ2n) is 6.75. The molecule has 0 aliphatic heterocycles. The van der Waals surface area contributed by atoms with E-state index in [9.17, 15) is 0 Å². The van der Waals surface area contributed by atoms with Gasteiger partial charge in [0, 0.05) is 36.6 Å². The summed E-state index contributed by atoms with van der Waals surface area (Å²) in [5, 5.41) is 8.21. The molecule has 0 aliphatic rings. The highest BCUT2D eigenvalue weighted by molar-refractivity contribution is 5.67. The Hall–Kier alpha value is -4.00. The zero-order valence-electron chi connectivity index (χ0n) is 16.2. The molecule has 144 valence electrons. The van der Waals surface area contributed by atoms with Gasteiger partial charge in [-0.25, -0.2) is 4.98 Å². The summed E-state index contributed by atoms with van der Waals surface area (Å²) in [6.07, 6.45) is 3.30. The molecule has 4 aromatic rings. The lowest BCUT2D eigenvalue weighted by Gasteiger charge is -2.15. The van der Waals surface area contributed by atoms with E-state index in [0.717, 1.165) is 22.4 Å². The molecule has 0 radical (unpaired) electrons. The van der Waals surface area contributed by atoms with Gasteiger partial charge in [0.05, 0.1) is 18.1 Å². The Morgan fingerprint density at radius 1 is 0.931 bits per heavy atom. The van der Waals surface area contributed by atoms with E-state index in [4.69, 9.17) is 10.2 Å². The van der Waals surface area contributed by atoms with Gasteiger partial charge in [-0.3, -0.25) is 4.98 Å². The molecule has 7 nitrogen and oxygen atoms in total. The number of anilines is 1. The minimum Gasteiger partial charge on any atom is -0.415 e. The van der Waals surface area contributed by atoms with Gasteiger partial charge in [-0.05, 0) is 23.8 Å². The normalized spacial score (nSPS) is 10.7. The lowest BCUT2D eigenvalue weighted by Crippen LogP contribution is -2.08. The fourth-order valence-corrected chi connectivity index (χ4v) is 2.81. The van der Waals surface area contributed by atoms with Crippen LogP contribution in [0.3, 0.4) is 0 Å². The van der Waals surface area contributed by atoms with Gasteiger partial charge in [-0.1, -0.05) is 36.9 Å². The monoisotopic (exact) mass is 384 g/mol. The van der Waals surface area contributed by atoms with Gasteiger partial charge >= 0.3 is 0 Å². The Morgan fingerprint density at radius 2 is 1.66 bits per heavy atom. The van der Waals surface area contributed by atoms with Crippen LogP contribution >= 0.6 is 0 Å². The number of hydrogen-bond acceptors (Lipinski definition) is 7. The lowest BCUT2D eigenvalue weighted by molar-refractivity contribution is 0.582. The summed E-state index contributed by atoms with van der Waals surface area (Å²) in [6.45, 7) is 4.08. The third-order valence-electron chi connectivity index (χ3n) is 4.47. The summed E-state index contributed by atoms with van der Waals surface area (Å²) < 4.78 is 5.78. The minimum absolute atomic E-state index is 0.300. The molecular formula is C22H20N6O. The summed E-state index contributed by atoms with van der Waals surface area (Å²) in [6, 6.07) is 15.3. The largest absolute Gasteiger partial charge is 0.415 e. The number of nitrogens with two attached hydrogens (primary N) is 1. The van der Waals surface area contributed by atoms with E-state index in [1.807, 2.05) is 55.4 Å². The van der Waals surface area contributed by atoms with Crippen molar-refractivity contribution < 1.29 is 4.42 Å². The molecule has 0 saturated heterocycles. The third kappa shape index (κ3) is 3.84. The number of nitrogens with zero attached hydrogens (tertiary/aromatic N) is 5. The van der Waals surface area contributed by atoms with Crippen LogP contribution in [0.25, 0.3) is 40.0 Å². The van der Waals surface area contributed by atoms with E-state index < -0.39 is 0 Å². The maximum absolute atomic E-state index is 5.82. The van der Waals surface area contributed by atoms with Gasteiger partial charge in [0.25, 0.3) is 5.89 Å². The van der Waals surface area contributed by atoms with Crippen molar-refractivity contribution in [2.24, 2.45) is 0 Å². The fourth-order valence-electron chi connectivity index (χ4n) is 2.81. The van der Waals surface area contributed by atoms with Crippen LogP contribution in [0, 0.1) is 0 Å². The first-order chi connectivity index (χ1) is 14.0. The predicted molar refractivity (Wildman–Crippen MR) is 113 cm³/mol. The first kappa shape index (κ1) is 18.4. The average molecular weight is 384 g/mol. The molecule has 0 aliphatic carbocycles. The van der Waals surface area contributed by atoms with Crippen LogP contribution in [0.1, 0.15) is 5.56 Å². The van der Waals surface area contributed by atoms with Crippen LogP contribution in [0.5, 0.6) is 0 Å². The Kier molecular flexibility index (Phi) is 4.78. The summed E-state index contributed by atoms with van der Waals surface area (Å²) in [4.78, 5) is 10.9. The molecule has 2 aromatic heterocycles. The molecule has 0 fully saturated rings. The van der Waals surface area contributed by atoms with Gasteiger partial charge in [-0.15, -0.1) is 10.2 Å². The van der Waals surface area contributed by atoms with Crippen molar-refractivity contribution in [3.8, 4) is 34.3 Å². The van der Waals surface area contributed by atoms with E-state index in [1.54, 1.807) is 24.5 Å². The number of aromatic nitrogens is 4. The second kappa shape index (κ2) is 7.55. The van der Waals surface area contributed by atoms with E-state index >= 15 is 0 Å². The van der Waals surface area contributed by atoms with Crippen molar-refractivity contribution in [1.29, 1.82) is 0 Å². The molecule has 0 spiro atoms. The summed E-state index contributed by atoms with van der Waals surface area (Å²) >= 11 is 0. The number of hydrogen-bond donors (Lipinski definition) is 1. The van der Waals surface area contributed by atoms with Crippen LogP contribution in [-0.2, 0) is 0 Å². The molecule has 0 unspecified atom stereocenters. The zero-order valence-corrected chi connectivity index (χ0v) is 16.2. The highest BCUT2D eigenvalue weighted by Crippen LogP contribution is 2.26. The topological polar surface area (TPSA) is 94.0 Å². The molecular weight excluding hydrogens is 364 g/mol. The zero-order chi connectivity index (χ0) is 20.4. The van der Waals surface area contributed by atoms with Crippen molar-refractivity contribution in [2.75, 3.05) is 19.8 Å². The smallest absolute Gasteiger partial charge is 0.268 e. The maximum Gasteiger partial charge on any atom is 0.268 e. The molecule has 0 atom stereocenters. The van der Waals surface area contributed by atoms with Crippen LogP contribution < -0.4 is 5.73 Å². The Morgan fingerprint density at radius 3 is 2.38 bits per heavy atom. The van der Waals surface area contributed by atoms with Crippen LogP contribution in [0.2, 0.25) is 0 Å². The van der Waals surface area contributed by atoms with Crippen LogP contribution in [-0.4, -0.2) is 39.2 Å². The number of benzene rings is 2.